The Balaban J connectivity index is 1.73. The third-order valence-electron chi connectivity index (χ3n) is 1.85. The maximum absolute atomic E-state index is 5.45. The van der Waals surface area contributed by atoms with Gasteiger partial charge in [-0.1, -0.05) is 13.8 Å². The zero-order chi connectivity index (χ0) is 8.10. The van der Waals surface area contributed by atoms with Crippen LogP contribution < -0.4 is 5.32 Å². The first kappa shape index (κ1) is 9.01. The average Bonchev–Trinajstić information content (AvgIpc) is 2.70. The van der Waals surface area contributed by atoms with Crippen LogP contribution in [0.3, 0.4) is 0 Å². The smallest absolute Gasteiger partial charge is 0.0591 e. The molecule has 1 aliphatic carbocycles. The Bertz CT molecular complexity index is 95.7. The highest BCUT2D eigenvalue weighted by Gasteiger charge is 2.20. The lowest BCUT2D eigenvalue weighted by Crippen LogP contribution is -2.26. The molecule has 0 aromatic heterocycles. The van der Waals surface area contributed by atoms with Crippen molar-refractivity contribution in [1.82, 2.24) is 5.32 Å². The van der Waals surface area contributed by atoms with Crippen LogP contribution in [0, 0.1) is 5.92 Å². The second kappa shape index (κ2) is 4.73. The summed E-state index contributed by atoms with van der Waals surface area (Å²) in [7, 11) is 0. The highest BCUT2D eigenvalue weighted by molar-refractivity contribution is 4.71. The third kappa shape index (κ3) is 5.22. The second-order valence-corrected chi connectivity index (χ2v) is 3.63. The van der Waals surface area contributed by atoms with Crippen molar-refractivity contribution in [2.24, 2.45) is 5.92 Å². The van der Waals surface area contributed by atoms with Crippen LogP contribution in [0.25, 0.3) is 0 Å². The fourth-order valence-electron chi connectivity index (χ4n) is 0.954. The zero-order valence-corrected chi connectivity index (χ0v) is 7.60. The SMILES string of the molecule is CC(C)NCCOCC1CC1. The monoisotopic (exact) mass is 157 g/mol. The summed E-state index contributed by atoms with van der Waals surface area (Å²) in [4.78, 5) is 0. The molecule has 0 bridgehead atoms. The normalized spacial score (nSPS) is 17.7. The summed E-state index contributed by atoms with van der Waals surface area (Å²) in [6.45, 7) is 7.15. The van der Waals surface area contributed by atoms with Crippen LogP contribution in [-0.2, 0) is 4.74 Å². The van der Waals surface area contributed by atoms with E-state index in [1.165, 1.54) is 12.8 Å². The Morgan fingerprint density at radius 3 is 2.73 bits per heavy atom. The molecule has 0 aromatic carbocycles. The number of hydrogen-bond donors (Lipinski definition) is 1. The lowest BCUT2D eigenvalue weighted by atomic mass is 10.4. The van der Waals surface area contributed by atoms with E-state index in [1.807, 2.05) is 0 Å². The van der Waals surface area contributed by atoms with Crippen molar-refractivity contribution < 1.29 is 4.74 Å². The average molecular weight is 157 g/mol. The Morgan fingerprint density at radius 1 is 1.45 bits per heavy atom. The van der Waals surface area contributed by atoms with Gasteiger partial charge in [0.05, 0.1) is 6.61 Å². The van der Waals surface area contributed by atoms with Crippen molar-refractivity contribution >= 4 is 0 Å². The molecule has 2 nitrogen and oxygen atoms in total. The summed E-state index contributed by atoms with van der Waals surface area (Å²) in [6.07, 6.45) is 2.77. The van der Waals surface area contributed by atoms with Gasteiger partial charge in [0, 0.05) is 19.2 Å². The molecule has 66 valence electrons. The van der Waals surface area contributed by atoms with Gasteiger partial charge in [0.25, 0.3) is 0 Å². The van der Waals surface area contributed by atoms with E-state index in [0.717, 1.165) is 25.7 Å². The number of rotatable bonds is 6. The van der Waals surface area contributed by atoms with Gasteiger partial charge in [0.2, 0.25) is 0 Å². The molecule has 1 saturated carbocycles. The van der Waals surface area contributed by atoms with Crippen LogP contribution in [0.15, 0.2) is 0 Å². The molecule has 0 heterocycles. The van der Waals surface area contributed by atoms with E-state index in [0.29, 0.717) is 6.04 Å². The van der Waals surface area contributed by atoms with Crippen molar-refractivity contribution in [3.8, 4) is 0 Å². The van der Waals surface area contributed by atoms with Crippen LogP contribution in [0.2, 0.25) is 0 Å². The van der Waals surface area contributed by atoms with Crippen LogP contribution in [0.5, 0.6) is 0 Å². The molecule has 0 unspecified atom stereocenters. The van der Waals surface area contributed by atoms with E-state index in [9.17, 15) is 0 Å². The lowest BCUT2D eigenvalue weighted by Gasteiger charge is -2.07. The van der Waals surface area contributed by atoms with E-state index in [2.05, 4.69) is 19.2 Å². The standard InChI is InChI=1S/C9H19NO/c1-8(2)10-5-6-11-7-9-3-4-9/h8-10H,3-7H2,1-2H3. The van der Waals surface area contributed by atoms with E-state index in [4.69, 9.17) is 4.74 Å². The summed E-state index contributed by atoms with van der Waals surface area (Å²) in [5, 5.41) is 3.31. The van der Waals surface area contributed by atoms with Gasteiger partial charge < -0.3 is 10.1 Å². The minimum atomic E-state index is 0.583. The summed E-state index contributed by atoms with van der Waals surface area (Å²) in [6, 6.07) is 0.583. The molecular formula is C9H19NO. The minimum absolute atomic E-state index is 0.583. The maximum Gasteiger partial charge on any atom is 0.0591 e. The van der Waals surface area contributed by atoms with Gasteiger partial charge in [-0.2, -0.15) is 0 Å². The number of hydrogen-bond acceptors (Lipinski definition) is 2. The first-order valence-corrected chi connectivity index (χ1v) is 4.60. The van der Waals surface area contributed by atoms with Crippen molar-refractivity contribution in [3.63, 3.8) is 0 Å². The quantitative estimate of drug-likeness (QED) is 0.589. The fraction of sp³-hybridized carbons (Fsp3) is 1.00. The van der Waals surface area contributed by atoms with E-state index in [-0.39, 0.29) is 0 Å². The molecule has 0 radical (unpaired) electrons. The number of nitrogens with one attached hydrogen (secondary N) is 1. The molecule has 1 fully saturated rings. The minimum Gasteiger partial charge on any atom is -0.380 e. The Kier molecular flexibility index (Phi) is 3.87. The van der Waals surface area contributed by atoms with Gasteiger partial charge in [-0.25, -0.2) is 0 Å². The van der Waals surface area contributed by atoms with Crippen LogP contribution in [-0.4, -0.2) is 25.8 Å². The van der Waals surface area contributed by atoms with E-state index >= 15 is 0 Å². The zero-order valence-electron chi connectivity index (χ0n) is 7.60. The highest BCUT2D eigenvalue weighted by Crippen LogP contribution is 2.28. The summed E-state index contributed by atoms with van der Waals surface area (Å²) in [5.74, 6) is 0.897. The summed E-state index contributed by atoms with van der Waals surface area (Å²) < 4.78 is 5.45. The second-order valence-electron chi connectivity index (χ2n) is 3.63. The molecule has 0 atom stereocenters. The largest absolute Gasteiger partial charge is 0.380 e. The van der Waals surface area contributed by atoms with Crippen molar-refractivity contribution in [3.05, 3.63) is 0 Å². The Labute approximate surface area is 69.3 Å². The predicted molar refractivity (Wildman–Crippen MR) is 46.7 cm³/mol. The van der Waals surface area contributed by atoms with Gasteiger partial charge in [-0.15, -0.1) is 0 Å². The Hall–Kier alpha value is -0.0800. The predicted octanol–water partition coefficient (Wildman–Crippen LogP) is 1.41. The molecular weight excluding hydrogens is 138 g/mol. The molecule has 0 amide bonds. The highest BCUT2D eigenvalue weighted by atomic mass is 16.5. The number of ether oxygens (including phenoxy) is 1. The topological polar surface area (TPSA) is 21.3 Å². The van der Waals surface area contributed by atoms with E-state index < -0.39 is 0 Å². The van der Waals surface area contributed by atoms with Gasteiger partial charge >= 0.3 is 0 Å². The molecule has 0 saturated heterocycles. The van der Waals surface area contributed by atoms with Gasteiger partial charge in [-0.3, -0.25) is 0 Å². The van der Waals surface area contributed by atoms with Crippen LogP contribution in [0.1, 0.15) is 26.7 Å². The van der Waals surface area contributed by atoms with Crippen LogP contribution in [0.4, 0.5) is 0 Å². The van der Waals surface area contributed by atoms with Gasteiger partial charge in [0.15, 0.2) is 0 Å². The molecule has 1 N–H and O–H groups in total. The molecule has 0 aromatic rings. The van der Waals surface area contributed by atoms with Gasteiger partial charge in [0.1, 0.15) is 0 Å². The van der Waals surface area contributed by atoms with Gasteiger partial charge in [-0.05, 0) is 18.8 Å². The van der Waals surface area contributed by atoms with Crippen molar-refractivity contribution in [2.45, 2.75) is 32.7 Å². The van der Waals surface area contributed by atoms with E-state index in [1.54, 1.807) is 0 Å². The molecule has 11 heavy (non-hydrogen) atoms. The fourth-order valence-corrected chi connectivity index (χ4v) is 0.954. The first-order valence-electron chi connectivity index (χ1n) is 4.60. The molecule has 1 aliphatic rings. The Morgan fingerprint density at radius 2 is 2.18 bits per heavy atom. The maximum atomic E-state index is 5.45. The molecule has 0 aliphatic heterocycles. The molecule has 1 rings (SSSR count). The first-order chi connectivity index (χ1) is 5.29. The molecule has 0 spiro atoms. The van der Waals surface area contributed by atoms with Crippen molar-refractivity contribution in [2.75, 3.05) is 19.8 Å². The summed E-state index contributed by atoms with van der Waals surface area (Å²) in [5.41, 5.74) is 0. The summed E-state index contributed by atoms with van der Waals surface area (Å²) >= 11 is 0. The lowest BCUT2D eigenvalue weighted by molar-refractivity contribution is 0.125. The third-order valence-corrected chi connectivity index (χ3v) is 1.85. The van der Waals surface area contributed by atoms with Crippen molar-refractivity contribution in [1.29, 1.82) is 0 Å². The molecule has 2 heteroatoms. The van der Waals surface area contributed by atoms with Crippen LogP contribution >= 0.6 is 0 Å².